The molecule has 0 saturated carbocycles. The van der Waals surface area contributed by atoms with E-state index in [0.717, 1.165) is 0 Å². The second-order valence-corrected chi connectivity index (χ2v) is 7.82. The van der Waals surface area contributed by atoms with Crippen LogP contribution in [0.1, 0.15) is 20.8 Å². The minimum absolute atomic E-state index is 0.0109. The number of nitrogens with zero attached hydrogens (tertiary/aromatic N) is 1. The van der Waals surface area contributed by atoms with Crippen molar-refractivity contribution < 1.29 is 28.1 Å². The molecule has 1 N–H and O–H groups in total. The molecule has 2 atom stereocenters. The van der Waals surface area contributed by atoms with Crippen LogP contribution < -0.4 is 5.32 Å². The predicted molar refractivity (Wildman–Crippen MR) is 96.5 cm³/mol. The van der Waals surface area contributed by atoms with Crippen molar-refractivity contribution in [3.05, 3.63) is 23.4 Å². The first-order valence-electron chi connectivity index (χ1n) is 9.37. The van der Waals surface area contributed by atoms with Crippen molar-refractivity contribution in [1.29, 1.82) is 0 Å². The third kappa shape index (κ3) is 5.28. The average molecular weight is 384 g/mol. The van der Waals surface area contributed by atoms with E-state index in [2.05, 4.69) is 12.2 Å². The summed E-state index contributed by atoms with van der Waals surface area (Å²) in [6.07, 6.45) is 1.37. The second kappa shape index (κ2) is 8.68. The van der Waals surface area contributed by atoms with E-state index in [1.165, 1.54) is 6.08 Å². The summed E-state index contributed by atoms with van der Waals surface area (Å²) in [5.74, 6) is -1.00. The van der Waals surface area contributed by atoms with Gasteiger partial charge < -0.3 is 24.3 Å². The van der Waals surface area contributed by atoms with E-state index in [0.29, 0.717) is 64.1 Å². The van der Waals surface area contributed by atoms with Gasteiger partial charge in [0, 0.05) is 25.0 Å². The molecule has 3 aliphatic rings. The normalized spacial score (nSPS) is 28.8. The summed E-state index contributed by atoms with van der Waals surface area (Å²) < 4.78 is 36.3. The molecular formula is C19H29FN2O5. The van der Waals surface area contributed by atoms with Crippen LogP contribution in [0.2, 0.25) is 0 Å². The number of allylic oxidation sites excluding steroid dienone is 2. The first-order chi connectivity index (χ1) is 12.9. The topological polar surface area (TPSA) is 69.3 Å². The molecule has 0 bridgehead atoms. The fraction of sp³-hybridized carbons (Fsp3) is 0.737. The summed E-state index contributed by atoms with van der Waals surface area (Å²) in [6.45, 7) is 10.3. The number of likely N-dealkylation sites (tertiary alicyclic amines) is 1. The fourth-order valence-corrected chi connectivity index (χ4v) is 3.23. The Labute approximate surface area is 159 Å². The number of halogens is 1. The van der Waals surface area contributed by atoms with Gasteiger partial charge in [0.2, 0.25) is 0 Å². The van der Waals surface area contributed by atoms with Crippen LogP contribution in [0.3, 0.4) is 0 Å². The number of carbonyl (C=O) groups excluding carboxylic acids is 1. The summed E-state index contributed by atoms with van der Waals surface area (Å²) in [6, 6.07) is 0. The highest BCUT2D eigenvalue weighted by atomic mass is 19.1. The predicted octanol–water partition coefficient (Wildman–Crippen LogP) is 1.36. The van der Waals surface area contributed by atoms with Gasteiger partial charge in [-0.3, -0.25) is 9.69 Å². The fourth-order valence-electron chi connectivity index (χ4n) is 3.23. The van der Waals surface area contributed by atoms with Crippen LogP contribution in [0.15, 0.2) is 23.4 Å². The van der Waals surface area contributed by atoms with Gasteiger partial charge in [-0.25, -0.2) is 4.39 Å². The van der Waals surface area contributed by atoms with Gasteiger partial charge in [-0.15, -0.1) is 0 Å². The van der Waals surface area contributed by atoms with Crippen LogP contribution in [-0.4, -0.2) is 75.7 Å². The lowest BCUT2D eigenvalue weighted by Gasteiger charge is -2.37. The minimum Gasteiger partial charge on any atom is -0.496 e. The van der Waals surface area contributed by atoms with E-state index in [-0.39, 0.29) is 17.6 Å². The van der Waals surface area contributed by atoms with Gasteiger partial charge >= 0.3 is 0 Å². The molecule has 0 aliphatic carbocycles. The van der Waals surface area contributed by atoms with Gasteiger partial charge in [0.15, 0.2) is 5.83 Å². The molecule has 0 aromatic carbocycles. The third-order valence-corrected chi connectivity index (χ3v) is 5.15. The highest BCUT2D eigenvalue weighted by Gasteiger charge is 2.36. The van der Waals surface area contributed by atoms with Crippen molar-refractivity contribution in [3.63, 3.8) is 0 Å². The average Bonchev–Trinajstić information content (AvgIpc) is 3.05. The number of fused-ring (bicyclic) bond motifs is 1. The molecule has 152 valence electrons. The van der Waals surface area contributed by atoms with Gasteiger partial charge in [0.25, 0.3) is 5.91 Å². The highest BCUT2D eigenvalue weighted by molar-refractivity contribution is 5.92. The zero-order chi connectivity index (χ0) is 19.4. The first kappa shape index (κ1) is 20.3. The van der Waals surface area contributed by atoms with E-state index in [1.807, 2.05) is 4.90 Å². The minimum atomic E-state index is -0.807. The Hall–Kier alpha value is -1.48. The lowest BCUT2D eigenvalue weighted by atomic mass is 9.90. The van der Waals surface area contributed by atoms with Crippen LogP contribution in [-0.2, 0) is 23.7 Å². The van der Waals surface area contributed by atoms with Gasteiger partial charge in [-0.05, 0) is 19.9 Å². The van der Waals surface area contributed by atoms with E-state index >= 15 is 0 Å². The maximum atomic E-state index is 14.2. The van der Waals surface area contributed by atoms with Crippen LogP contribution in [0.25, 0.3) is 0 Å². The Morgan fingerprint density at radius 3 is 2.44 bits per heavy atom. The van der Waals surface area contributed by atoms with Gasteiger partial charge in [0.05, 0.1) is 50.9 Å². The molecular weight excluding hydrogens is 355 g/mol. The SMILES string of the molecule is CC(NC(=O)C(F)=CCN1CC2OCCOC2C1)=C(C)OCC1(C)COC1. The Balaban J connectivity index is 1.44. The summed E-state index contributed by atoms with van der Waals surface area (Å²) in [4.78, 5) is 14.1. The Morgan fingerprint density at radius 1 is 1.26 bits per heavy atom. The van der Waals surface area contributed by atoms with Crippen molar-refractivity contribution in [2.24, 2.45) is 5.41 Å². The maximum absolute atomic E-state index is 14.2. The Kier molecular flexibility index (Phi) is 6.52. The van der Waals surface area contributed by atoms with E-state index in [4.69, 9.17) is 18.9 Å². The Bertz CT molecular complexity index is 603. The molecule has 3 heterocycles. The van der Waals surface area contributed by atoms with Crippen molar-refractivity contribution >= 4 is 5.91 Å². The molecule has 3 fully saturated rings. The molecule has 0 aromatic rings. The third-order valence-electron chi connectivity index (χ3n) is 5.15. The second-order valence-electron chi connectivity index (χ2n) is 7.82. The highest BCUT2D eigenvalue weighted by Crippen LogP contribution is 2.27. The molecule has 0 radical (unpaired) electrons. The van der Waals surface area contributed by atoms with Crippen LogP contribution in [0.4, 0.5) is 4.39 Å². The number of hydrogen-bond donors (Lipinski definition) is 1. The van der Waals surface area contributed by atoms with E-state index in [1.54, 1.807) is 13.8 Å². The molecule has 2 unspecified atom stereocenters. The van der Waals surface area contributed by atoms with Crippen LogP contribution in [0, 0.1) is 5.41 Å². The van der Waals surface area contributed by atoms with Crippen molar-refractivity contribution in [3.8, 4) is 0 Å². The van der Waals surface area contributed by atoms with E-state index < -0.39 is 11.7 Å². The summed E-state index contributed by atoms with van der Waals surface area (Å²) in [5.41, 5.74) is 0.512. The Morgan fingerprint density at radius 2 is 1.89 bits per heavy atom. The number of amides is 1. The first-order valence-corrected chi connectivity index (χ1v) is 9.37. The number of ether oxygens (including phenoxy) is 4. The molecule has 3 saturated heterocycles. The smallest absolute Gasteiger partial charge is 0.283 e. The largest absolute Gasteiger partial charge is 0.496 e. The lowest BCUT2D eigenvalue weighted by Crippen LogP contribution is -2.43. The molecule has 1 amide bonds. The van der Waals surface area contributed by atoms with E-state index in [9.17, 15) is 9.18 Å². The molecule has 8 heteroatoms. The molecule has 27 heavy (non-hydrogen) atoms. The zero-order valence-electron chi connectivity index (χ0n) is 16.3. The van der Waals surface area contributed by atoms with Crippen molar-refractivity contribution in [1.82, 2.24) is 10.2 Å². The standard InChI is InChI=1S/C19H29FN2O5/c1-13(14(2)27-12-19(3)10-24-11-19)21-18(23)15(20)4-5-22-8-16-17(9-22)26-7-6-25-16/h4,16-17H,5-12H2,1-3H3,(H,21,23). The van der Waals surface area contributed by atoms with Gasteiger partial charge in [-0.2, -0.15) is 0 Å². The number of rotatable bonds is 7. The summed E-state index contributed by atoms with van der Waals surface area (Å²) >= 11 is 0. The monoisotopic (exact) mass is 384 g/mol. The molecule has 3 rings (SSSR count). The molecule has 7 nitrogen and oxygen atoms in total. The zero-order valence-corrected chi connectivity index (χ0v) is 16.3. The number of nitrogens with one attached hydrogen (secondary N) is 1. The van der Waals surface area contributed by atoms with Crippen molar-refractivity contribution in [2.45, 2.75) is 33.0 Å². The molecule has 0 spiro atoms. The summed E-state index contributed by atoms with van der Waals surface area (Å²) in [5, 5.41) is 2.55. The lowest BCUT2D eigenvalue weighted by molar-refractivity contribution is -0.130. The van der Waals surface area contributed by atoms with Crippen molar-refractivity contribution in [2.75, 3.05) is 52.7 Å². The summed E-state index contributed by atoms with van der Waals surface area (Å²) in [7, 11) is 0. The number of hydrogen-bond acceptors (Lipinski definition) is 6. The molecule has 3 aliphatic heterocycles. The maximum Gasteiger partial charge on any atom is 0.283 e. The van der Waals surface area contributed by atoms with Gasteiger partial charge in [0.1, 0.15) is 5.76 Å². The van der Waals surface area contributed by atoms with Crippen LogP contribution >= 0.6 is 0 Å². The molecule has 0 aromatic heterocycles. The quantitative estimate of drug-likeness (QED) is 0.528. The van der Waals surface area contributed by atoms with Crippen LogP contribution in [0.5, 0.6) is 0 Å². The number of carbonyl (C=O) groups is 1. The van der Waals surface area contributed by atoms with Gasteiger partial charge in [-0.1, -0.05) is 6.92 Å².